The number of carbonyl (C=O) groups is 2. The molecular weight excluding hydrogens is 638 g/mol. The number of hydrogen-bond donors (Lipinski definition) is 2. The minimum atomic E-state index is -0.360. The van der Waals surface area contributed by atoms with Gasteiger partial charge >= 0.3 is 11.9 Å². The maximum absolute atomic E-state index is 14.8. The number of rotatable bonds is 12. The van der Waals surface area contributed by atoms with Crippen LogP contribution in [0.3, 0.4) is 0 Å². The van der Waals surface area contributed by atoms with Crippen LogP contribution in [0.2, 0.25) is 0 Å². The molecular formula is C40H44F2N4O4. The summed E-state index contributed by atoms with van der Waals surface area (Å²) in [6.07, 6.45) is 5.93. The first-order valence-electron chi connectivity index (χ1n) is 17.7. The maximum atomic E-state index is 14.8. The van der Waals surface area contributed by atoms with Gasteiger partial charge in [0.25, 0.3) is 0 Å². The van der Waals surface area contributed by atoms with Crippen LogP contribution in [0.4, 0.5) is 8.78 Å². The summed E-state index contributed by atoms with van der Waals surface area (Å²) in [5, 5.41) is 9.22. The minimum absolute atomic E-state index is 0.166. The van der Waals surface area contributed by atoms with Gasteiger partial charge in [-0.3, -0.25) is 9.59 Å². The summed E-state index contributed by atoms with van der Waals surface area (Å²) >= 11 is 0. The lowest BCUT2D eigenvalue weighted by molar-refractivity contribution is -0.142. The molecule has 2 N–H and O–H groups in total. The monoisotopic (exact) mass is 682 g/mol. The second kappa shape index (κ2) is 14.7. The van der Waals surface area contributed by atoms with Crippen LogP contribution < -0.4 is 10.6 Å². The first-order chi connectivity index (χ1) is 24.3. The molecule has 50 heavy (non-hydrogen) atoms. The molecule has 2 aliphatic heterocycles. The van der Waals surface area contributed by atoms with Crippen molar-refractivity contribution in [1.29, 1.82) is 0 Å². The number of nitrogens with zero attached hydrogens (tertiary/aromatic N) is 2. The van der Waals surface area contributed by atoms with Crippen molar-refractivity contribution in [2.45, 2.75) is 77.5 Å². The third kappa shape index (κ3) is 7.04. The average molecular weight is 683 g/mol. The molecule has 2 aliphatic rings. The third-order valence-corrected chi connectivity index (χ3v) is 10.2. The zero-order valence-electron chi connectivity index (χ0n) is 28.7. The first-order valence-corrected chi connectivity index (χ1v) is 17.7. The number of nitrogens with one attached hydrogen (secondary N) is 2. The molecule has 10 heteroatoms. The fourth-order valence-electron chi connectivity index (χ4n) is 8.03. The predicted molar refractivity (Wildman–Crippen MR) is 191 cm³/mol. The summed E-state index contributed by atoms with van der Waals surface area (Å²) in [5.41, 5.74) is 7.69. The molecule has 0 saturated carbocycles. The summed E-state index contributed by atoms with van der Waals surface area (Å²) in [6, 6.07) is 18.9. The number of hydrogen-bond acceptors (Lipinski definition) is 6. The predicted octanol–water partition coefficient (Wildman–Crippen LogP) is 6.92. The first kappa shape index (κ1) is 33.9. The Morgan fingerprint density at radius 3 is 1.46 bits per heavy atom. The molecule has 2 aromatic heterocycles. The largest absolute Gasteiger partial charge is 0.464 e. The fraction of sp³-hybridized carbons (Fsp3) is 0.400. The maximum Gasteiger partial charge on any atom is 0.302 e. The zero-order chi connectivity index (χ0) is 34.8. The molecule has 0 aliphatic carbocycles. The van der Waals surface area contributed by atoms with Gasteiger partial charge in [-0.1, -0.05) is 24.3 Å². The Bertz CT molecular complexity index is 1880. The average Bonchev–Trinajstić information content (AvgIpc) is 3.90. The van der Waals surface area contributed by atoms with E-state index in [1.807, 2.05) is 12.1 Å². The van der Waals surface area contributed by atoms with E-state index in [2.05, 4.69) is 44.0 Å². The van der Waals surface area contributed by atoms with E-state index in [1.165, 1.54) is 26.0 Å². The number of esters is 2. The Morgan fingerprint density at radius 1 is 0.680 bits per heavy atom. The standard InChI is InChI=1S/C40H44F2N4O4/c1-25(47)49-19-17-45-37-21-29(41)11-13-33(37)35(23-31-5-3-15-43-31)39(45)27-7-9-28(10-8-27)40-36(24-32-6-4-16-44-32)34-14-12-30(42)22-38(34)46(40)18-20-50-26(2)48/h7-14,21-22,31-32,43-44H,3-6,15-20,23-24H2,1-2H3/t31-,32-/m0/s1. The van der Waals surface area contributed by atoms with Gasteiger partial charge in [-0.15, -0.1) is 0 Å². The van der Waals surface area contributed by atoms with Gasteiger partial charge in [0.1, 0.15) is 24.8 Å². The summed E-state index contributed by atoms with van der Waals surface area (Å²) in [7, 11) is 0. The molecule has 5 aromatic rings. The molecule has 0 unspecified atom stereocenters. The summed E-state index contributed by atoms with van der Waals surface area (Å²) in [5.74, 6) is -1.36. The molecule has 2 atom stereocenters. The van der Waals surface area contributed by atoms with Crippen LogP contribution in [0, 0.1) is 11.6 Å². The Morgan fingerprint density at radius 2 is 1.10 bits per heavy atom. The van der Waals surface area contributed by atoms with Gasteiger partial charge in [0.05, 0.1) is 35.5 Å². The molecule has 3 aromatic carbocycles. The number of halogens is 2. The zero-order valence-corrected chi connectivity index (χ0v) is 28.7. The lowest BCUT2D eigenvalue weighted by Gasteiger charge is -2.17. The van der Waals surface area contributed by atoms with Gasteiger partial charge in [-0.25, -0.2) is 8.78 Å². The van der Waals surface area contributed by atoms with Crippen LogP contribution in [0.5, 0.6) is 0 Å². The van der Waals surface area contributed by atoms with E-state index >= 15 is 0 Å². The Labute approximate surface area is 290 Å². The minimum Gasteiger partial charge on any atom is -0.464 e. The second-order valence-electron chi connectivity index (χ2n) is 13.5. The van der Waals surface area contributed by atoms with Crippen LogP contribution >= 0.6 is 0 Å². The van der Waals surface area contributed by atoms with Crippen LogP contribution in [0.15, 0.2) is 60.7 Å². The Hall–Kier alpha value is -4.54. The van der Waals surface area contributed by atoms with E-state index in [0.717, 1.165) is 107 Å². The Kier molecular flexibility index (Phi) is 10.0. The highest BCUT2D eigenvalue weighted by Gasteiger charge is 2.26. The van der Waals surface area contributed by atoms with Gasteiger partial charge in [0.15, 0.2) is 0 Å². The van der Waals surface area contributed by atoms with Crippen molar-refractivity contribution < 1.29 is 27.8 Å². The highest BCUT2D eigenvalue weighted by atomic mass is 19.1. The number of aromatic nitrogens is 2. The summed E-state index contributed by atoms with van der Waals surface area (Å²) in [4.78, 5) is 23.4. The quantitative estimate of drug-likeness (QED) is 0.139. The van der Waals surface area contributed by atoms with Crippen molar-refractivity contribution >= 4 is 33.7 Å². The van der Waals surface area contributed by atoms with Crippen molar-refractivity contribution in [2.24, 2.45) is 0 Å². The third-order valence-electron chi connectivity index (χ3n) is 10.2. The highest BCUT2D eigenvalue weighted by Crippen LogP contribution is 2.40. The second-order valence-corrected chi connectivity index (χ2v) is 13.5. The smallest absolute Gasteiger partial charge is 0.302 e. The lowest BCUT2D eigenvalue weighted by atomic mass is 9.95. The van der Waals surface area contributed by atoms with E-state index in [1.54, 1.807) is 12.1 Å². The molecule has 262 valence electrons. The molecule has 7 rings (SSSR count). The van der Waals surface area contributed by atoms with Gasteiger partial charge in [0.2, 0.25) is 0 Å². The lowest BCUT2D eigenvalue weighted by Crippen LogP contribution is -2.24. The summed E-state index contributed by atoms with van der Waals surface area (Å²) in [6.45, 7) is 5.82. The van der Waals surface area contributed by atoms with Crippen molar-refractivity contribution in [1.82, 2.24) is 19.8 Å². The number of carbonyl (C=O) groups excluding carboxylic acids is 2. The van der Waals surface area contributed by atoms with Crippen LogP contribution in [-0.2, 0) is 45.0 Å². The fourth-order valence-corrected chi connectivity index (χ4v) is 8.03. The highest BCUT2D eigenvalue weighted by molar-refractivity contribution is 5.94. The number of ether oxygens (including phenoxy) is 2. The molecule has 2 fully saturated rings. The van der Waals surface area contributed by atoms with Crippen molar-refractivity contribution in [3.8, 4) is 22.5 Å². The van der Waals surface area contributed by atoms with Gasteiger partial charge in [-0.05, 0) is 110 Å². The normalized spacial score (nSPS) is 17.6. The van der Waals surface area contributed by atoms with Crippen LogP contribution in [-0.4, -0.2) is 59.5 Å². The van der Waals surface area contributed by atoms with Crippen molar-refractivity contribution in [3.63, 3.8) is 0 Å². The molecule has 0 radical (unpaired) electrons. The van der Waals surface area contributed by atoms with Crippen molar-refractivity contribution in [3.05, 3.63) is 83.4 Å². The Balaban J connectivity index is 1.36. The molecule has 2 saturated heterocycles. The molecule has 8 nitrogen and oxygen atoms in total. The molecule has 0 amide bonds. The topological polar surface area (TPSA) is 86.5 Å². The van der Waals surface area contributed by atoms with E-state index in [0.29, 0.717) is 25.2 Å². The number of fused-ring (bicyclic) bond motifs is 2. The number of benzene rings is 3. The van der Waals surface area contributed by atoms with Gasteiger partial charge < -0.3 is 29.2 Å². The van der Waals surface area contributed by atoms with E-state index in [9.17, 15) is 18.4 Å². The van der Waals surface area contributed by atoms with E-state index < -0.39 is 0 Å². The van der Waals surface area contributed by atoms with Crippen molar-refractivity contribution in [2.75, 3.05) is 26.3 Å². The van der Waals surface area contributed by atoms with Crippen LogP contribution in [0.1, 0.15) is 50.7 Å². The van der Waals surface area contributed by atoms with Gasteiger partial charge in [0, 0.05) is 36.7 Å². The summed E-state index contributed by atoms with van der Waals surface area (Å²) < 4.78 is 44.4. The van der Waals surface area contributed by atoms with Crippen LogP contribution in [0.25, 0.3) is 44.3 Å². The van der Waals surface area contributed by atoms with E-state index in [-0.39, 0.29) is 36.8 Å². The SMILES string of the molecule is CC(=O)OCCn1c(-c2ccc(-c3c(C[C@@H]4CCCN4)c4ccc(F)cc4n3CCOC(C)=O)cc2)c(C[C@@H]2CCCN2)c2ccc(F)cc21. The van der Waals surface area contributed by atoms with E-state index in [4.69, 9.17) is 9.47 Å². The molecule has 0 bridgehead atoms. The molecule has 4 heterocycles. The molecule has 0 spiro atoms. The van der Waals surface area contributed by atoms with Gasteiger partial charge in [-0.2, -0.15) is 0 Å².